The molecule has 0 aliphatic carbocycles. The Hall–Kier alpha value is -4.02. The van der Waals surface area contributed by atoms with Gasteiger partial charge in [0.1, 0.15) is 17.3 Å². The predicted molar refractivity (Wildman–Crippen MR) is 147 cm³/mol. The van der Waals surface area contributed by atoms with Gasteiger partial charge in [0.15, 0.2) is 0 Å². The van der Waals surface area contributed by atoms with Crippen molar-refractivity contribution in [3.8, 4) is 6.07 Å². The summed E-state index contributed by atoms with van der Waals surface area (Å²) in [6.45, 7) is 10.1. The molecule has 7 nitrogen and oxygen atoms in total. The van der Waals surface area contributed by atoms with Crippen molar-refractivity contribution < 1.29 is 0 Å². The van der Waals surface area contributed by atoms with Gasteiger partial charge in [0.2, 0.25) is 0 Å². The number of fused-ring (bicyclic) bond motifs is 1. The van der Waals surface area contributed by atoms with E-state index in [-0.39, 0.29) is 23.7 Å². The summed E-state index contributed by atoms with van der Waals surface area (Å²) in [5.74, 6) is 0. The second kappa shape index (κ2) is 9.79. The Labute approximate surface area is 217 Å². The highest BCUT2D eigenvalue weighted by atomic mass is 16.1. The summed E-state index contributed by atoms with van der Waals surface area (Å²) in [6, 6.07) is 22.5. The minimum atomic E-state index is -0.0854. The molecule has 5 rings (SSSR count). The van der Waals surface area contributed by atoms with E-state index in [0.29, 0.717) is 11.2 Å². The molecule has 0 amide bonds. The van der Waals surface area contributed by atoms with Crippen LogP contribution in [0.2, 0.25) is 0 Å². The van der Waals surface area contributed by atoms with E-state index in [2.05, 4.69) is 78.0 Å². The second-order valence-electron chi connectivity index (χ2n) is 10.2. The molecule has 4 heterocycles. The fraction of sp³-hybridized carbons (Fsp3) is 0.333. The van der Waals surface area contributed by atoms with Gasteiger partial charge in [-0.05, 0) is 57.5 Å². The summed E-state index contributed by atoms with van der Waals surface area (Å²) in [5, 5.41) is 9.46. The zero-order valence-corrected chi connectivity index (χ0v) is 22.0. The van der Waals surface area contributed by atoms with Gasteiger partial charge in [-0.15, -0.1) is 0 Å². The van der Waals surface area contributed by atoms with E-state index >= 15 is 0 Å². The van der Waals surface area contributed by atoms with Crippen LogP contribution in [0.25, 0.3) is 11.0 Å². The first-order chi connectivity index (χ1) is 17.8. The van der Waals surface area contributed by atoms with E-state index in [1.54, 1.807) is 23.7 Å². The Balaban J connectivity index is 1.56. The van der Waals surface area contributed by atoms with Crippen molar-refractivity contribution in [2.75, 3.05) is 18.0 Å². The van der Waals surface area contributed by atoms with Gasteiger partial charge in [-0.3, -0.25) is 14.7 Å². The molecule has 188 valence electrons. The highest BCUT2D eigenvalue weighted by Crippen LogP contribution is 2.35. The van der Waals surface area contributed by atoms with Crippen molar-refractivity contribution >= 4 is 16.7 Å². The van der Waals surface area contributed by atoms with Crippen LogP contribution < -0.4 is 10.5 Å². The van der Waals surface area contributed by atoms with Gasteiger partial charge >= 0.3 is 0 Å². The first kappa shape index (κ1) is 24.7. The normalized spacial score (nSPS) is 19.1. The Kier molecular flexibility index (Phi) is 6.53. The van der Waals surface area contributed by atoms with Gasteiger partial charge in [0, 0.05) is 44.0 Å². The van der Waals surface area contributed by atoms with Gasteiger partial charge in [0.25, 0.3) is 5.56 Å². The van der Waals surface area contributed by atoms with Crippen LogP contribution in [0, 0.1) is 25.2 Å². The third-order valence-electron chi connectivity index (χ3n) is 7.44. The summed E-state index contributed by atoms with van der Waals surface area (Å²) in [5.41, 5.74) is 6.94. The molecule has 1 fully saturated rings. The van der Waals surface area contributed by atoms with E-state index in [0.717, 1.165) is 35.7 Å². The second-order valence-corrected chi connectivity index (χ2v) is 10.2. The molecule has 1 saturated heterocycles. The number of hydrogen-bond acceptors (Lipinski definition) is 6. The lowest BCUT2D eigenvalue weighted by Gasteiger charge is -2.48. The Morgan fingerprint density at radius 3 is 2.43 bits per heavy atom. The number of nitriles is 1. The van der Waals surface area contributed by atoms with Crippen LogP contribution in [0.1, 0.15) is 48.1 Å². The maximum atomic E-state index is 12.9. The lowest BCUT2D eigenvalue weighted by atomic mass is 9.95. The van der Waals surface area contributed by atoms with Crippen molar-refractivity contribution in [3.63, 3.8) is 0 Å². The molecule has 1 unspecified atom stereocenters. The van der Waals surface area contributed by atoms with Crippen LogP contribution in [0.3, 0.4) is 0 Å². The smallest absolute Gasteiger partial charge is 0.252 e. The SMILES string of the molecule is Cc1ccc(C(c2cccc(C)n2)N2C[C@H](C)N(c3cc(=O)n(C)c4ccc(C#N)nc34)C[C@H]2C)cc1. The monoisotopic (exact) mass is 492 g/mol. The van der Waals surface area contributed by atoms with E-state index in [1.807, 2.05) is 19.1 Å². The molecular weight excluding hydrogens is 460 g/mol. The molecule has 3 aromatic heterocycles. The topological polar surface area (TPSA) is 78.0 Å². The number of hydrogen-bond donors (Lipinski definition) is 0. The van der Waals surface area contributed by atoms with Crippen molar-refractivity contribution in [2.45, 2.75) is 45.8 Å². The summed E-state index contributed by atoms with van der Waals surface area (Å²) in [6.07, 6.45) is 0. The van der Waals surface area contributed by atoms with Crippen molar-refractivity contribution in [1.82, 2.24) is 19.4 Å². The minimum Gasteiger partial charge on any atom is -0.364 e. The standard InChI is InChI=1S/C30H32N6O/c1-19-9-11-23(12-10-19)30(25-8-6-7-20(2)32-25)36-18-21(3)35(17-22(36)4)27-15-28(37)34(5)26-14-13-24(16-31)33-29(26)27/h6-15,21-22,30H,17-18H2,1-5H3/t21-,22+,30?/m0/s1. The largest absolute Gasteiger partial charge is 0.364 e. The number of rotatable bonds is 4. The number of piperazine rings is 1. The van der Waals surface area contributed by atoms with Gasteiger partial charge in [-0.2, -0.15) is 5.26 Å². The Morgan fingerprint density at radius 2 is 1.73 bits per heavy atom. The van der Waals surface area contributed by atoms with Crippen LogP contribution in [0.15, 0.2) is 65.5 Å². The Bertz CT molecular complexity index is 1550. The number of pyridine rings is 3. The molecule has 1 aromatic carbocycles. The molecule has 3 atom stereocenters. The van der Waals surface area contributed by atoms with Gasteiger partial charge < -0.3 is 9.47 Å². The van der Waals surface area contributed by atoms with Crippen LogP contribution in [0.5, 0.6) is 0 Å². The fourth-order valence-electron chi connectivity index (χ4n) is 5.44. The maximum Gasteiger partial charge on any atom is 0.252 e. The number of benzene rings is 1. The summed E-state index contributed by atoms with van der Waals surface area (Å²) >= 11 is 0. The van der Waals surface area contributed by atoms with E-state index < -0.39 is 0 Å². The minimum absolute atomic E-state index is 0.0174. The fourth-order valence-corrected chi connectivity index (χ4v) is 5.44. The lowest BCUT2D eigenvalue weighted by molar-refractivity contribution is 0.128. The van der Waals surface area contributed by atoms with Crippen LogP contribution in [-0.4, -0.2) is 44.6 Å². The third-order valence-corrected chi connectivity index (χ3v) is 7.44. The van der Waals surface area contributed by atoms with Crippen LogP contribution in [0.4, 0.5) is 5.69 Å². The Morgan fingerprint density at radius 1 is 0.973 bits per heavy atom. The quantitative estimate of drug-likeness (QED) is 0.417. The van der Waals surface area contributed by atoms with Gasteiger partial charge in [-0.1, -0.05) is 35.9 Å². The molecular formula is C30H32N6O. The molecule has 37 heavy (non-hydrogen) atoms. The lowest BCUT2D eigenvalue weighted by Crippen LogP contribution is -2.57. The number of aryl methyl sites for hydroxylation is 3. The number of aromatic nitrogens is 3. The highest BCUT2D eigenvalue weighted by molar-refractivity contribution is 5.89. The van der Waals surface area contributed by atoms with Gasteiger partial charge in [0.05, 0.1) is 22.9 Å². The third kappa shape index (κ3) is 4.61. The van der Waals surface area contributed by atoms with Gasteiger partial charge in [-0.25, -0.2) is 4.98 Å². The molecule has 7 heteroatoms. The van der Waals surface area contributed by atoms with E-state index in [1.165, 1.54) is 11.1 Å². The molecule has 1 aliphatic heterocycles. The average Bonchev–Trinajstić information content (AvgIpc) is 2.89. The highest BCUT2D eigenvalue weighted by Gasteiger charge is 2.36. The molecule has 0 spiro atoms. The molecule has 0 N–H and O–H groups in total. The zero-order valence-electron chi connectivity index (χ0n) is 22.0. The van der Waals surface area contributed by atoms with Crippen molar-refractivity contribution in [2.24, 2.45) is 7.05 Å². The van der Waals surface area contributed by atoms with Crippen LogP contribution in [-0.2, 0) is 7.05 Å². The molecule has 1 aliphatic rings. The predicted octanol–water partition coefficient (Wildman–Crippen LogP) is 4.51. The number of anilines is 1. The zero-order chi connectivity index (χ0) is 26.3. The van der Waals surface area contributed by atoms with Crippen molar-refractivity contribution in [3.05, 3.63) is 99.2 Å². The summed E-state index contributed by atoms with van der Waals surface area (Å²) in [7, 11) is 1.74. The maximum absolute atomic E-state index is 12.9. The molecule has 4 aromatic rings. The molecule has 0 bridgehead atoms. The van der Waals surface area contributed by atoms with E-state index in [4.69, 9.17) is 4.98 Å². The first-order valence-electron chi connectivity index (χ1n) is 12.7. The average molecular weight is 493 g/mol. The first-order valence-corrected chi connectivity index (χ1v) is 12.7. The van der Waals surface area contributed by atoms with Crippen LogP contribution >= 0.6 is 0 Å². The summed E-state index contributed by atoms with van der Waals surface area (Å²) < 4.78 is 1.59. The number of nitrogens with zero attached hydrogens (tertiary/aromatic N) is 6. The molecule has 0 radical (unpaired) electrons. The summed E-state index contributed by atoms with van der Waals surface area (Å²) in [4.78, 5) is 27.2. The van der Waals surface area contributed by atoms with Crippen molar-refractivity contribution in [1.29, 1.82) is 5.26 Å². The van der Waals surface area contributed by atoms with E-state index in [9.17, 15) is 10.1 Å². The molecule has 0 saturated carbocycles.